The summed E-state index contributed by atoms with van der Waals surface area (Å²) in [7, 11) is 0. The first kappa shape index (κ1) is 12.5. The van der Waals surface area contributed by atoms with Crippen LogP contribution in [0.25, 0.3) is 0 Å². The van der Waals surface area contributed by atoms with E-state index in [4.69, 9.17) is 0 Å². The third kappa shape index (κ3) is 5.67. The zero-order chi connectivity index (χ0) is 10.1. The van der Waals surface area contributed by atoms with Gasteiger partial charge in [0.25, 0.3) is 0 Å². The van der Waals surface area contributed by atoms with Crippen molar-refractivity contribution in [2.75, 3.05) is 13.1 Å². The lowest BCUT2D eigenvalue weighted by Gasteiger charge is -2.21. The lowest BCUT2D eigenvalue weighted by Crippen LogP contribution is -2.32. The third-order valence-electron chi connectivity index (χ3n) is 1.98. The molecule has 0 N–H and O–H groups in total. The average molecular weight is 184 g/mol. The van der Waals surface area contributed by atoms with E-state index in [2.05, 4.69) is 20.8 Å². The Morgan fingerprint density at radius 3 is 2.15 bits per heavy atom. The largest absolute Gasteiger partial charge is 0.343 e. The van der Waals surface area contributed by atoms with Gasteiger partial charge in [0, 0.05) is 19.5 Å². The number of hydrogen-bond donors (Lipinski definition) is 0. The Morgan fingerprint density at radius 1 is 1.23 bits per heavy atom. The van der Waals surface area contributed by atoms with Gasteiger partial charge >= 0.3 is 0 Å². The zero-order valence-corrected chi connectivity index (χ0v) is 9.01. The van der Waals surface area contributed by atoms with Crippen LogP contribution >= 0.6 is 0 Å². The molecule has 0 fully saturated rings. The van der Waals surface area contributed by atoms with Crippen LogP contribution in [0.4, 0.5) is 0 Å². The number of carbonyl (C=O) groups excluding carboxylic acids is 1. The summed E-state index contributed by atoms with van der Waals surface area (Å²) in [5, 5.41) is 0. The molecule has 77 valence electrons. The normalized spacial score (nSPS) is 10.1. The molecule has 0 spiro atoms. The maximum Gasteiger partial charge on any atom is 0.222 e. The Hall–Kier alpha value is -0.530. The molecule has 0 aliphatic rings. The van der Waals surface area contributed by atoms with Crippen molar-refractivity contribution in [1.29, 1.82) is 0 Å². The van der Waals surface area contributed by atoms with Crippen LogP contribution in [0.2, 0.25) is 0 Å². The summed E-state index contributed by atoms with van der Waals surface area (Å²) in [6, 6.07) is 0. The molecule has 0 aliphatic carbocycles. The van der Waals surface area contributed by atoms with Crippen molar-refractivity contribution in [2.24, 2.45) is 0 Å². The first-order chi connectivity index (χ1) is 6.26. The van der Waals surface area contributed by atoms with Gasteiger partial charge in [0.1, 0.15) is 0 Å². The minimum atomic E-state index is 0.298. The molecular weight excluding hydrogens is 162 g/mol. The van der Waals surface area contributed by atoms with Crippen LogP contribution in [0.15, 0.2) is 0 Å². The molecule has 1 amide bonds. The van der Waals surface area contributed by atoms with Crippen LogP contribution in [0.5, 0.6) is 0 Å². The first-order valence-corrected chi connectivity index (χ1v) is 5.33. The van der Waals surface area contributed by atoms with E-state index in [1.807, 2.05) is 4.90 Å². The molecular formula is C11H22NO. The van der Waals surface area contributed by atoms with E-state index in [0.717, 1.165) is 38.8 Å². The van der Waals surface area contributed by atoms with Crippen molar-refractivity contribution in [3.63, 3.8) is 0 Å². The monoisotopic (exact) mass is 184 g/mol. The molecule has 0 unspecified atom stereocenters. The molecule has 0 saturated carbocycles. The molecule has 0 atom stereocenters. The Labute approximate surface area is 82.3 Å². The van der Waals surface area contributed by atoms with E-state index in [9.17, 15) is 4.79 Å². The highest BCUT2D eigenvalue weighted by atomic mass is 16.2. The molecule has 0 heterocycles. The minimum Gasteiger partial charge on any atom is -0.343 e. The number of rotatable bonds is 7. The fraction of sp³-hybridized carbons (Fsp3) is 0.818. The Balaban J connectivity index is 3.80. The van der Waals surface area contributed by atoms with Gasteiger partial charge in [-0.05, 0) is 19.3 Å². The van der Waals surface area contributed by atoms with Crippen molar-refractivity contribution in [3.8, 4) is 0 Å². The van der Waals surface area contributed by atoms with E-state index in [0.29, 0.717) is 12.3 Å². The molecule has 1 radical (unpaired) electrons. The highest BCUT2D eigenvalue weighted by Crippen LogP contribution is 2.02. The summed E-state index contributed by atoms with van der Waals surface area (Å²) in [5.74, 6) is 0.298. The summed E-state index contributed by atoms with van der Waals surface area (Å²) < 4.78 is 0. The maximum absolute atomic E-state index is 11.6. The second-order valence-electron chi connectivity index (χ2n) is 3.34. The average Bonchev–Trinajstić information content (AvgIpc) is 2.14. The van der Waals surface area contributed by atoms with E-state index in [1.165, 1.54) is 0 Å². The lowest BCUT2D eigenvalue weighted by atomic mass is 10.2. The molecule has 0 bridgehead atoms. The molecule has 2 nitrogen and oxygen atoms in total. The molecule has 0 saturated heterocycles. The van der Waals surface area contributed by atoms with Crippen LogP contribution < -0.4 is 0 Å². The van der Waals surface area contributed by atoms with Crippen molar-refractivity contribution < 1.29 is 4.79 Å². The SMILES string of the molecule is [CH2]CCCC(=O)N(CCC)CCC. The van der Waals surface area contributed by atoms with Gasteiger partial charge in [-0.25, -0.2) is 0 Å². The topological polar surface area (TPSA) is 20.3 Å². The molecule has 0 rings (SSSR count). The molecule has 2 heteroatoms. The molecule has 0 aliphatic heterocycles. The van der Waals surface area contributed by atoms with Gasteiger partial charge in [0.15, 0.2) is 0 Å². The van der Waals surface area contributed by atoms with Crippen molar-refractivity contribution in [2.45, 2.75) is 46.0 Å². The Bertz CT molecular complexity index is 128. The summed E-state index contributed by atoms with van der Waals surface area (Å²) in [6.07, 6.45) is 4.55. The zero-order valence-electron chi connectivity index (χ0n) is 9.01. The smallest absolute Gasteiger partial charge is 0.222 e. The first-order valence-electron chi connectivity index (χ1n) is 5.33. The van der Waals surface area contributed by atoms with E-state index >= 15 is 0 Å². The van der Waals surface area contributed by atoms with Crippen LogP contribution in [-0.4, -0.2) is 23.9 Å². The van der Waals surface area contributed by atoms with Gasteiger partial charge in [-0.1, -0.05) is 27.2 Å². The minimum absolute atomic E-state index is 0.298. The molecule has 0 aromatic carbocycles. The standard InChI is InChI=1S/C11H22NO/c1-4-7-8-11(13)12(9-5-2)10-6-3/h1,4-10H2,2-3H3. The van der Waals surface area contributed by atoms with E-state index in [1.54, 1.807) is 0 Å². The third-order valence-corrected chi connectivity index (χ3v) is 1.98. The summed E-state index contributed by atoms with van der Waals surface area (Å²) in [4.78, 5) is 13.5. The van der Waals surface area contributed by atoms with Crippen molar-refractivity contribution >= 4 is 5.91 Å². The van der Waals surface area contributed by atoms with Crippen LogP contribution in [0.3, 0.4) is 0 Å². The van der Waals surface area contributed by atoms with E-state index < -0.39 is 0 Å². The second kappa shape index (κ2) is 8.09. The van der Waals surface area contributed by atoms with Crippen molar-refractivity contribution in [3.05, 3.63) is 6.92 Å². The molecule has 0 aromatic rings. The second-order valence-corrected chi connectivity index (χ2v) is 3.34. The Kier molecular flexibility index (Phi) is 7.76. The maximum atomic E-state index is 11.6. The van der Waals surface area contributed by atoms with Gasteiger partial charge in [-0.2, -0.15) is 0 Å². The fourth-order valence-electron chi connectivity index (χ4n) is 1.34. The quantitative estimate of drug-likeness (QED) is 0.595. The van der Waals surface area contributed by atoms with Crippen LogP contribution in [0, 0.1) is 6.92 Å². The van der Waals surface area contributed by atoms with Gasteiger partial charge in [0.2, 0.25) is 5.91 Å². The Morgan fingerprint density at radius 2 is 1.77 bits per heavy atom. The lowest BCUT2D eigenvalue weighted by molar-refractivity contribution is -0.131. The van der Waals surface area contributed by atoms with Crippen molar-refractivity contribution in [1.82, 2.24) is 4.90 Å². The summed E-state index contributed by atoms with van der Waals surface area (Å²) in [5.41, 5.74) is 0. The number of nitrogens with zero attached hydrogens (tertiary/aromatic N) is 1. The highest BCUT2D eigenvalue weighted by molar-refractivity contribution is 5.76. The summed E-state index contributed by atoms with van der Waals surface area (Å²) in [6.45, 7) is 9.77. The number of carbonyl (C=O) groups is 1. The fourth-order valence-corrected chi connectivity index (χ4v) is 1.34. The summed E-state index contributed by atoms with van der Waals surface area (Å²) >= 11 is 0. The molecule has 0 aromatic heterocycles. The van der Waals surface area contributed by atoms with E-state index in [-0.39, 0.29) is 0 Å². The van der Waals surface area contributed by atoms with Crippen LogP contribution in [-0.2, 0) is 4.79 Å². The van der Waals surface area contributed by atoms with Crippen LogP contribution in [0.1, 0.15) is 46.0 Å². The van der Waals surface area contributed by atoms with Gasteiger partial charge in [0.05, 0.1) is 0 Å². The number of hydrogen-bond acceptors (Lipinski definition) is 1. The van der Waals surface area contributed by atoms with Gasteiger partial charge in [-0.15, -0.1) is 0 Å². The predicted molar refractivity (Wildman–Crippen MR) is 56.4 cm³/mol. The van der Waals surface area contributed by atoms with Gasteiger partial charge in [-0.3, -0.25) is 4.79 Å². The highest BCUT2D eigenvalue weighted by Gasteiger charge is 2.09. The predicted octanol–water partition coefficient (Wildman–Crippen LogP) is 2.64. The molecule has 13 heavy (non-hydrogen) atoms. The number of unbranched alkanes of at least 4 members (excludes halogenated alkanes) is 1. The number of amides is 1. The van der Waals surface area contributed by atoms with Gasteiger partial charge < -0.3 is 4.90 Å².